The monoisotopic (exact) mass is 449 g/mol. The number of methoxy groups -OCH3 is 1. The molecule has 0 unspecified atom stereocenters. The highest BCUT2D eigenvalue weighted by Gasteiger charge is 2.20. The second-order valence-corrected chi connectivity index (χ2v) is 9.42. The van der Waals surface area contributed by atoms with Crippen LogP contribution in [0.2, 0.25) is 5.02 Å². The molecule has 2 aromatic carbocycles. The lowest BCUT2D eigenvalue weighted by molar-refractivity contribution is 0.415. The molecule has 0 fully saturated rings. The minimum Gasteiger partial charge on any atom is -0.496 e. The van der Waals surface area contributed by atoms with Crippen molar-refractivity contribution in [3.63, 3.8) is 0 Å². The van der Waals surface area contributed by atoms with Crippen LogP contribution in [-0.2, 0) is 15.6 Å². The SMILES string of the molecule is COc1cc(Cl)c(F)cc1-c1nccc2cc(S(=O)(=O)Cc3nncs3)ccc12. The van der Waals surface area contributed by atoms with Gasteiger partial charge in [-0.15, -0.1) is 21.5 Å². The molecule has 0 atom stereocenters. The van der Waals surface area contributed by atoms with Crippen molar-refractivity contribution < 1.29 is 17.5 Å². The first-order valence-electron chi connectivity index (χ1n) is 8.29. The first kappa shape index (κ1) is 19.7. The zero-order chi connectivity index (χ0) is 20.6. The van der Waals surface area contributed by atoms with E-state index >= 15 is 0 Å². The summed E-state index contributed by atoms with van der Waals surface area (Å²) in [7, 11) is -2.14. The number of hydrogen-bond donors (Lipinski definition) is 0. The number of hydrogen-bond acceptors (Lipinski definition) is 7. The van der Waals surface area contributed by atoms with Crippen molar-refractivity contribution in [3.8, 4) is 17.0 Å². The number of aromatic nitrogens is 3. The summed E-state index contributed by atoms with van der Waals surface area (Å²) >= 11 is 7.03. The van der Waals surface area contributed by atoms with Gasteiger partial charge in [-0.3, -0.25) is 4.98 Å². The Labute approximate surface area is 174 Å². The van der Waals surface area contributed by atoms with Gasteiger partial charge in [0.25, 0.3) is 0 Å². The predicted molar refractivity (Wildman–Crippen MR) is 109 cm³/mol. The molecule has 6 nitrogen and oxygen atoms in total. The van der Waals surface area contributed by atoms with E-state index in [0.29, 0.717) is 32.8 Å². The van der Waals surface area contributed by atoms with Gasteiger partial charge >= 0.3 is 0 Å². The Bertz CT molecular complexity index is 1310. The maximum atomic E-state index is 14.1. The third kappa shape index (κ3) is 3.81. The summed E-state index contributed by atoms with van der Waals surface area (Å²) in [6, 6.07) is 9.05. The Balaban J connectivity index is 1.83. The molecular weight excluding hydrogens is 437 g/mol. The zero-order valence-electron chi connectivity index (χ0n) is 15.0. The van der Waals surface area contributed by atoms with E-state index in [1.54, 1.807) is 18.2 Å². The summed E-state index contributed by atoms with van der Waals surface area (Å²) in [5.74, 6) is -0.459. The van der Waals surface area contributed by atoms with Crippen LogP contribution in [0.1, 0.15) is 5.01 Å². The number of ether oxygens (including phenoxy) is 1. The van der Waals surface area contributed by atoms with E-state index in [1.165, 1.54) is 48.4 Å². The Morgan fingerprint density at radius 1 is 1.21 bits per heavy atom. The number of pyridine rings is 1. The van der Waals surface area contributed by atoms with Gasteiger partial charge in [-0.25, -0.2) is 12.8 Å². The van der Waals surface area contributed by atoms with Crippen LogP contribution in [0.5, 0.6) is 5.75 Å². The highest BCUT2D eigenvalue weighted by atomic mass is 35.5. The molecule has 29 heavy (non-hydrogen) atoms. The van der Waals surface area contributed by atoms with Gasteiger partial charge in [0.2, 0.25) is 0 Å². The summed E-state index contributed by atoms with van der Waals surface area (Å²) in [6.07, 6.45) is 1.53. The van der Waals surface area contributed by atoms with Crippen LogP contribution in [0.15, 0.2) is 53.0 Å². The highest BCUT2D eigenvalue weighted by Crippen LogP contribution is 2.37. The maximum absolute atomic E-state index is 14.1. The van der Waals surface area contributed by atoms with Crippen molar-refractivity contribution in [1.29, 1.82) is 0 Å². The standard InChI is InChI=1S/C19H13ClFN3O3S2/c1-27-17-8-15(20)16(21)7-14(17)19-13-3-2-12(6-11(13)4-5-22-19)29(25,26)9-18-24-23-10-28-18/h2-8,10H,9H2,1H3. The normalized spacial score (nSPS) is 11.7. The molecule has 0 saturated heterocycles. The van der Waals surface area contributed by atoms with Gasteiger partial charge in [-0.05, 0) is 29.7 Å². The molecule has 0 aliphatic rings. The second kappa shape index (κ2) is 7.66. The molecule has 2 heterocycles. The number of nitrogens with zero attached hydrogens (tertiary/aromatic N) is 3. The van der Waals surface area contributed by atoms with E-state index in [4.69, 9.17) is 16.3 Å². The van der Waals surface area contributed by atoms with E-state index in [2.05, 4.69) is 15.2 Å². The average Bonchev–Trinajstić information content (AvgIpc) is 3.21. The summed E-state index contributed by atoms with van der Waals surface area (Å²) in [5.41, 5.74) is 2.37. The molecule has 0 amide bonds. The van der Waals surface area contributed by atoms with E-state index in [-0.39, 0.29) is 15.7 Å². The van der Waals surface area contributed by atoms with E-state index in [1.807, 2.05) is 0 Å². The molecule has 0 bridgehead atoms. The molecule has 0 spiro atoms. The minimum atomic E-state index is -3.59. The summed E-state index contributed by atoms with van der Waals surface area (Å²) in [5, 5.41) is 9.12. The van der Waals surface area contributed by atoms with Crippen molar-refractivity contribution >= 4 is 43.5 Å². The number of halogens is 2. The summed E-state index contributed by atoms with van der Waals surface area (Å²) in [4.78, 5) is 4.51. The zero-order valence-corrected chi connectivity index (χ0v) is 17.4. The van der Waals surface area contributed by atoms with Crippen molar-refractivity contribution in [2.75, 3.05) is 7.11 Å². The van der Waals surface area contributed by atoms with Gasteiger partial charge in [0.05, 0.1) is 22.7 Å². The quantitative estimate of drug-likeness (QED) is 0.445. The topological polar surface area (TPSA) is 82.0 Å². The summed E-state index contributed by atoms with van der Waals surface area (Å²) in [6.45, 7) is 0. The van der Waals surface area contributed by atoms with Gasteiger partial charge in [0.1, 0.15) is 27.8 Å². The fourth-order valence-electron chi connectivity index (χ4n) is 2.95. The fraction of sp³-hybridized carbons (Fsp3) is 0.105. The van der Waals surface area contributed by atoms with Gasteiger partial charge in [-0.2, -0.15) is 0 Å². The lowest BCUT2D eigenvalue weighted by Gasteiger charge is -2.12. The molecule has 10 heteroatoms. The van der Waals surface area contributed by atoms with Crippen LogP contribution in [0.25, 0.3) is 22.0 Å². The first-order chi connectivity index (χ1) is 13.9. The average molecular weight is 450 g/mol. The van der Waals surface area contributed by atoms with Crippen LogP contribution in [0.4, 0.5) is 4.39 Å². The molecular formula is C19H13ClFN3O3S2. The number of fused-ring (bicyclic) bond motifs is 1. The van der Waals surface area contributed by atoms with Gasteiger partial charge < -0.3 is 4.74 Å². The second-order valence-electron chi connectivity index (χ2n) is 6.10. The molecule has 4 rings (SSSR count). The molecule has 0 saturated carbocycles. The number of sulfone groups is 1. The first-order valence-corrected chi connectivity index (χ1v) is 11.2. The largest absolute Gasteiger partial charge is 0.496 e. The molecule has 0 aliphatic carbocycles. The predicted octanol–water partition coefficient (Wildman–Crippen LogP) is 4.53. The van der Waals surface area contributed by atoms with Crippen LogP contribution in [-0.4, -0.2) is 30.7 Å². The van der Waals surface area contributed by atoms with Crippen molar-refractivity contribution in [2.45, 2.75) is 10.6 Å². The molecule has 4 aromatic rings. The Morgan fingerprint density at radius 2 is 2.03 bits per heavy atom. The van der Waals surface area contributed by atoms with Gasteiger partial charge in [0, 0.05) is 23.2 Å². The Kier molecular flexibility index (Phi) is 5.20. The highest BCUT2D eigenvalue weighted by molar-refractivity contribution is 7.90. The van der Waals surface area contributed by atoms with E-state index in [0.717, 1.165) is 0 Å². The maximum Gasteiger partial charge on any atom is 0.184 e. The van der Waals surface area contributed by atoms with Gasteiger partial charge in [-0.1, -0.05) is 17.7 Å². The van der Waals surface area contributed by atoms with E-state index < -0.39 is 15.7 Å². The van der Waals surface area contributed by atoms with Crippen LogP contribution in [0.3, 0.4) is 0 Å². The molecule has 0 aliphatic heterocycles. The van der Waals surface area contributed by atoms with Crippen molar-refractivity contribution in [1.82, 2.24) is 15.2 Å². The lowest BCUT2D eigenvalue weighted by atomic mass is 10.0. The number of rotatable bonds is 5. The molecule has 0 N–H and O–H groups in total. The van der Waals surface area contributed by atoms with Gasteiger partial charge in [0.15, 0.2) is 9.84 Å². The third-order valence-electron chi connectivity index (χ3n) is 4.31. The molecule has 2 aromatic heterocycles. The van der Waals surface area contributed by atoms with E-state index in [9.17, 15) is 12.8 Å². The Hall–Kier alpha value is -2.62. The minimum absolute atomic E-state index is 0.0594. The smallest absolute Gasteiger partial charge is 0.184 e. The number of benzene rings is 2. The van der Waals surface area contributed by atoms with Crippen molar-refractivity contribution in [3.05, 3.63) is 64.0 Å². The third-order valence-corrected chi connectivity index (χ3v) is 7.11. The summed E-state index contributed by atoms with van der Waals surface area (Å²) < 4.78 is 44.8. The fourth-order valence-corrected chi connectivity index (χ4v) is 5.28. The molecule has 148 valence electrons. The van der Waals surface area contributed by atoms with Crippen LogP contribution >= 0.6 is 22.9 Å². The van der Waals surface area contributed by atoms with Crippen molar-refractivity contribution in [2.24, 2.45) is 0 Å². The molecule has 0 radical (unpaired) electrons. The lowest BCUT2D eigenvalue weighted by Crippen LogP contribution is -2.05. The van der Waals surface area contributed by atoms with Crippen LogP contribution < -0.4 is 4.74 Å². The van der Waals surface area contributed by atoms with Crippen LogP contribution in [0, 0.1) is 5.82 Å². The Morgan fingerprint density at radius 3 is 2.76 bits per heavy atom.